The van der Waals surface area contributed by atoms with Crippen LogP contribution >= 0.6 is 11.3 Å². The molecule has 1 aromatic heterocycles. The molecule has 0 unspecified atom stereocenters. The van der Waals surface area contributed by atoms with E-state index in [0.29, 0.717) is 0 Å². The van der Waals surface area contributed by atoms with Crippen LogP contribution < -0.4 is 5.73 Å². The van der Waals surface area contributed by atoms with Gasteiger partial charge in [0, 0.05) is 9.75 Å². The van der Waals surface area contributed by atoms with Crippen LogP contribution in [0, 0.1) is 6.92 Å². The smallest absolute Gasteiger partial charge is 0.0712 e. The lowest BCUT2D eigenvalue weighted by Gasteiger charge is -2.11. The second-order valence-electron chi connectivity index (χ2n) is 2.71. The van der Waals surface area contributed by atoms with Crippen molar-refractivity contribution in [2.45, 2.75) is 26.0 Å². The molecule has 1 rings (SSSR count). The van der Waals surface area contributed by atoms with Crippen molar-refractivity contribution in [2.24, 2.45) is 5.73 Å². The monoisotopic (exact) mass is 171 g/mol. The third-order valence-electron chi connectivity index (χ3n) is 1.61. The predicted molar refractivity (Wildman–Crippen MR) is 47.7 cm³/mol. The number of nitrogens with two attached hydrogens (primary N) is 1. The highest BCUT2D eigenvalue weighted by molar-refractivity contribution is 7.12. The molecular weight excluding hydrogens is 158 g/mol. The summed E-state index contributed by atoms with van der Waals surface area (Å²) in [5.41, 5.74) is 5.71. The minimum atomic E-state index is -0.465. The first-order chi connectivity index (χ1) is 5.11. The average Bonchev–Trinajstić information content (AvgIpc) is 2.34. The Morgan fingerprint density at radius 2 is 2.18 bits per heavy atom. The molecule has 0 radical (unpaired) electrons. The molecule has 0 spiro atoms. The van der Waals surface area contributed by atoms with Gasteiger partial charge in [-0.25, -0.2) is 0 Å². The summed E-state index contributed by atoms with van der Waals surface area (Å²) in [6.45, 7) is 3.74. The molecule has 3 N–H and O–H groups in total. The highest BCUT2D eigenvalue weighted by Gasteiger charge is 2.12. The van der Waals surface area contributed by atoms with Crippen LogP contribution in [0.4, 0.5) is 0 Å². The predicted octanol–water partition coefficient (Wildman–Crippen LogP) is 1.44. The van der Waals surface area contributed by atoms with E-state index in [-0.39, 0.29) is 6.04 Å². The Morgan fingerprint density at radius 1 is 1.55 bits per heavy atom. The summed E-state index contributed by atoms with van der Waals surface area (Å²) in [7, 11) is 0. The summed E-state index contributed by atoms with van der Waals surface area (Å²) in [6, 6.07) is 3.76. The molecule has 0 saturated heterocycles. The number of thiophene rings is 1. The van der Waals surface area contributed by atoms with Crippen molar-refractivity contribution >= 4 is 11.3 Å². The van der Waals surface area contributed by atoms with Gasteiger partial charge in [0.2, 0.25) is 0 Å². The molecule has 62 valence electrons. The van der Waals surface area contributed by atoms with Crippen molar-refractivity contribution in [1.82, 2.24) is 0 Å². The van der Waals surface area contributed by atoms with Gasteiger partial charge < -0.3 is 10.8 Å². The molecule has 0 fully saturated rings. The van der Waals surface area contributed by atoms with Crippen LogP contribution in [0.25, 0.3) is 0 Å². The number of hydrogen-bond acceptors (Lipinski definition) is 3. The zero-order valence-electron chi connectivity index (χ0n) is 6.74. The lowest BCUT2D eigenvalue weighted by atomic mass is 10.1. The zero-order chi connectivity index (χ0) is 8.43. The van der Waals surface area contributed by atoms with Crippen LogP contribution in [0.15, 0.2) is 12.1 Å². The fourth-order valence-corrected chi connectivity index (χ4v) is 1.85. The van der Waals surface area contributed by atoms with E-state index in [4.69, 9.17) is 10.8 Å². The van der Waals surface area contributed by atoms with E-state index in [1.165, 1.54) is 4.88 Å². The van der Waals surface area contributed by atoms with Crippen molar-refractivity contribution in [2.75, 3.05) is 0 Å². The van der Waals surface area contributed by atoms with Gasteiger partial charge in [-0.1, -0.05) is 0 Å². The third-order valence-corrected chi connectivity index (χ3v) is 2.71. The maximum Gasteiger partial charge on any atom is 0.0712 e. The fraction of sp³-hybridized carbons (Fsp3) is 0.500. The minimum Gasteiger partial charge on any atom is -0.391 e. The Hall–Kier alpha value is -0.380. The van der Waals surface area contributed by atoms with Crippen LogP contribution in [0.1, 0.15) is 22.7 Å². The normalized spacial score (nSPS) is 16.4. The third kappa shape index (κ3) is 2.02. The van der Waals surface area contributed by atoms with E-state index in [1.807, 2.05) is 19.1 Å². The van der Waals surface area contributed by atoms with Crippen LogP contribution in [-0.2, 0) is 0 Å². The van der Waals surface area contributed by atoms with Gasteiger partial charge in [-0.05, 0) is 26.0 Å². The largest absolute Gasteiger partial charge is 0.391 e. The molecule has 0 aromatic carbocycles. The van der Waals surface area contributed by atoms with Gasteiger partial charge in [0.15, 0.2) is 0 Å². The Kier molecular flexibility index (Phi) is 2.65. The van der Waals surface area contributed by atoms with Gasteiger partial charge in [0.1, 0.15) is 0 Å². The van der Waals surface area contributed by atoms with Gasteiger partial charge in [0.05, 0.1) is 12.1 Å². The molecule has 11 heavy (non-hydrogen) atoms. The Morgan fingerprint density at radius 3 is 2.55 bits per heavy atom. The van der Waals surface area contributed by atoms with Gasteiger partial charge in [0.25, 0.3) is 0 Å². The van der Waals surface area contributed by atoms with Gasteiger partial charge in [-0.2, -0.15) is 0 Å². The summed E-state index contributed by atoms with van der Waals surface area (Å²) in [5.74, 6) is 0. The minimum absolute atomic E-state index is 0.228. The topological polar surface area (TPSA) is 46.2 Å². The molecule has 2 atom stereocenters. The molecule has 0 saturated carbocycles. The first kappa shape index (κ1) is 8.71. The molecule has 1 aromatic rings. The summed E-state index contributed by atoms with van der Waals surface area (Å²) in [4.78, 5) is 2.29. The molecule has 0 bridgehead atoms. The molecule has 3 heteroatoms. The van der Waals surface area contributed by atoms with Crippen molar-refractivity contribution in [3.63, 3.8) is 0 Å². The van der Waals surface area contributed by atoms with Gasteiger partial charge in [-0.3, -0.25) is 0 Å². The standard InChI is InChI=1S/C8H13NOS/c1-5-3-4-7(11-5)8(9)6(2)10/h3-4,6,8,10H,9H2,1-2H3/t6-,8-/m1/s1. The summed E-state index contributed by atoms with van der Waals surface area (Å²) >= 11 is 1.64. The number of hydrogen-bond donors (Lipinski definition) is 2. The van der Waals surface area contributed by atoms with Crippen molar-refractivity contribution in [3.8, 4) is 0 Å². The number of aryl methyl sites for hydroxylation is 1. The second-order valence-corrected chi connectivity index (χ2v) is 4.03. The first-order valence-electron chi connectivity index (χ1n) is 3.61. The Bertz CT molecular complexity index is 232. The highest BCUT2D eigenvalue weighted by atomic mass is 32.1. The molecule has 2 nitrogen and oxygen atoms in total. The van der Waals surface area contributed by atoms with E-state index >= 15 is 0 Å². The molecule has 0 aliphatic heterocycles. The van der Waals surface area contributed by atoms with Crippen LogP contribution in [0.3, 0.4) is 0 Å². The molecular formula is C8H13NOS. The second kappa shape index (κ2) is 3.34. The van der Waals surface area contributed by atoms with E-state index in [0.717, 1.165) is 4.88 Å². The number of rotatable bonds is 2. The molecule has 1 heterocycles. The van der Waals surface area contributed by atoms with Gasteiger partial charge in [-0.15, -0.1) is 11.3 Å². The number of aliphatic hydroxyl groups is 1. The molecule has 0 amide bonds. The quantitative estimate of drug-likeness (QED) is 0.707. The lowest BCUT2D eigenvalue weighted by Crippen LogP contribution is -2.21. The van der Waals surface area contributed by atoms with Gasteiger partial charge >= 0.3 is 0 Å². The lowest BCUT2D eigenvalue weighted by molar-refractivity contribution is 0.165. The average molecular weight is 171 g/mol. The van der Waals surface area contributed by atoms with Crippen LogP contribution in [-0.4, -0.2) is 11.2 Å². The molecule has 0 aliphatic carbocycles. The number of aliphatic hydroxyl groups excluding tert-OH is 1. The first-order valence-corrected chi connectivity index (χ1v) is 4.43. The Balaban J connectivity index is 2.76. The maximum absolute atomic E-state index is 9.17. The fourth-order valence-electron chi connectivity index (χ4n) is 0.870. The van der Waals surface area contributed by atoms with Crippen LogP contribution in [0.5, 0.6) is 0 Å². The van der Waals surface area contributed by atoms with E-state index in [1.54, 1.807) is 18.3 Å². The Labute approximate surface area is 70.7 Å². The molecule has 0 aliphatic rings. The van der Waals surface area contributed by atoms with E-state index < -0.39 is 6.10 Å². The van der Waals surface area contributed by atoms with Crippen molar-refractivity contribution < 1.29 is 5.11 Å². The summed E-state index contributed by atoms with van der Waals surface area (Å²) in [6.07, 6.45) is -0.465. The zero-order valence-corrected chi connectivity index (χ0v) is 7.56. The SMILES string of the molecule is Cc1ccc([C@H](N)[C@@H](C)O)s1. The maximum atomic E-state index is 9.17. The van der Waals surface area contributed by atoms with E-state index in [2.05, 4.69) is 0 Å². The van der Waals surface area contributed by atoms with E-state index in [9.17, 15) is 0 Å². The summed E-state index contributed by atoms with van der Waals surface area (Å²) in [5, 5.41) is 9.17. The highest BCUT2D eigenvalue weighted by Crippen LogP contribution is 2.22. The van der Waals surface area contributed by atoms with Crippen molar-refractivity contribution in [1.29, 1.82) is 0 Å². The van der Waals surface area contributed by atoms with Crippen LogP contribution in [0.2, 0.25) is 0 Å². The van der Waals surface area contributed by atoms with Crippen molar-refractivity contribution in [3.05, 3.63) is 21.9 Å². The summed E-state index contributed by atoms with van der Waals surface area (Å²) < 4.78 is 0.